The highest BCUT2D eigenvalue weighted by molar-refractivity contribution is 5.85. The SMILES string of the molecule is O=C(O)[C@H]1CCCC[C@H]1C(=O)N1CCc2ncccc2C1. The second-order valence-corrected chi connectivity index (χ2v) is 5.95. The smallest absolute Gasteiger partial charge is 0.307 e. The van der Waals surface area contributed by atoms with Crippen LogP contribution in [-0.4, -0.2) is 33.4 Å². The molecule has 2 heterocycles. The van der Waals surface area contributed by atoms with Crippen LogP contribution in [0.3, 0.4) is 0 Å². The van der Waals surface area contributed by atoms with Crippen LogP contribution in [0.1, 0.15) is 36.9 Å². The van der Waals surface area contributed by atoms with Gasteiger partial charge >= 0.3 is 5.97 Å². The number of hydrogen-bond acceptors (Lipinski definition) is 3. The van der Waals surface area contributed by atoms with Gasteiger partial charge in [-0.25, -0.2) is 0 Å². The zero-order valence-corrected chi connectivity index (χ0v) is 12.0. The molecule has 1 aliphatic heterocycles. The maximum Gasteiger partial charge on any atom is 0.307 e. The molecular formula is C16H20N2O3. The van der Waals surface area contributed by atoms with E-state index < -0.39 is 11.9 Å². The lowest BCUT2D eigenvalue weighted by molar-refractivity contribution is -0.152. The molecule has 0 spiro atoms. The maximum atomic E-state index is 12.7. The predicted molar refractivity (Wildman–Crippen MR) is 76.4 cm³/mol. The molecule has 2 aliphatic rings. The second kappa shape index (κ2) is 5.84. The lowest BCUT2D eigenvalue weighted by Gasteiger charge is -2.35. The minimum atomic E-state index is -0.827. The van der Waals surface area contributed by atoms with Gasteiger partial charge in [0.1, 0.15) is 0 Å². The largest absolute Gasteiger partial charge is 0.481 e. The van der Waals surface area contributed by atoms with Gasteiger partial charge in [-0.15, -0.1) is 0 Å². The molecule has 1 amide bonds. The summed E-state index contributed by atoms with van der Waals surface area (Å²) in [4.78, 5) is 30.2. The third-order valence-electron chi connectivity index (χ3n) is 4.68. The number of hydrogen-bond donors (Lipinski definition) is 1. The van der Waals surface area contributed by atoms with Crippen LogP contribution in [0.2, 0.25) is 0 Å². The fourth-order valence-corrected chi connectivity index (χ4v) is 3.51. The summed E-state index contributed by atoms with van der Waals surface area (Å²) in [7, 11) is 0. The molecule has 1 aliphatic carbocycles. The third-order valence-corrected chi connectivity index (χ3v) is 4.68. The number of fused-ring (bicyclic) bond motifs is 1. The van der Waals surface area contributed by atoms with E-state index in [9.17, 15) is 14.7 Å². The number of carbonyl (C=O) groups excluding carboxylic acids is 1. The molecule has 5 heteroatoms. The molecule has 112 valence electrons. The van der Waals surface area contributed by atoms with Crippen LogP contribution in [0.5, 0.6) is 0 Å². The first-order valence-electron chi connectivity index (χ1n) is 7.61. The van der Waals surface area contributed by atoms with Gasteiger partial charge in [0.2, 0.25) is 5.91 Å². The molecule has 21 heavy (non-hydrogen) atoms. The zero-order valence-electron chi connectivity index (χ0n) is 12.0. The molecule has 1 saturated carbocycles. The molecule has 1 aromatic rings. The lowest BCUT2D eigenvalue weighted by Crippen LogP contribution is -2.44. The standard InChI is InChI=1S/C16H20N2O3/c19-15(12-5-1-2-6-13(12)16(20)21)18-9-7-14-11(10-18)4-3-8-17-14/h3-4,8,12-13H,1-2,5-7,9-10H2,(H,20,21)/t12-,13+/m1/s1. The highest BCUT2D eigenvalue weighted by Gasteiger charge is 2.38. The van der Waals surface area contributed by atoms with Crippen molar-refractivity contribution in [3.05, 3.63) is 29.6 Å². The second-order valence-electron chi connectivity index (χ2n) is 5.95. The lowest BCUT2D eigenvalue weighted by atomic mass is 9.78. The fraction of sp³-hybridized carbons (Fsp3) is 0.562. The number of pyridine rings is 1. The summed E-state index contributed by atoms with van der Waals surface area (Å²) in [5.41, 5.74) is 2.14. The van der Waals surface area contributed by atoms with Crippen LogP contribution >= 0.6 is 0 Å². The summed E-state index contributed by atoms with van der Waals surface area (Å²) in [5, 5.41) is 9.33. The maximum absolute atomic E-state index is 12.7. The Morgan fingerprint density at radius 2 is 2.00 bits per heavy atom. The summed E-state index contributed by atoms with van der Waals surface area (Å²) in [6.07, 6.45) is 5.72. The number of carbonyl (C=O) groups is 2. The van der Waals surface area contributed by atoms with Crippen LogP contribution in [-0.2, 0) is 22.6 Å². The van der Waals surface area contributed by atoms with Crippen LogP contribution in [0.25, 0.3) is 0 Å². The Kier molecular flexibility index (Phi) is 3.90. The predicted octanol–water partition coefficient (Wildman–Crippen LogP) is 1.86. The molecule has 0 bridgehead atoms. The van der Waals surface area contributed by atoms with Gasteiger partial charge in [-0.1, -0.05) is 18.9 Å². The zero-order chi connectivity index (χ0) is 14.8. The van der Waals surface area contributed by atoms with Gasteiger partial charge in [0.15, 0.2) is 0 Å². The van der Waals surface area contributed by atoms with E-state index in [1.807, 2.05) is 17.0 Å². The molecule has 0 unspecified atom stereocenters. The highest BCUT2D eigenvalue weighted by atomic mass is 16.4. The van der Waals surface area contributed by atoms with Crippen LogP contribution in [0.15, 0.2) is 18.3 Å². The first kappa shape index (κ1) is 14.0. The highest BCUT2D eigenvalue weighted by Crippen LogP contribution is 2.32. The fourth-order valence-electron chi connectivity index (χ4n) is 3.51. The molecule has 1 aromatic heterocycles. The summed E-state index contributed by atoms with van der Waals surface area (Å²) < 4.78 is 0. The number of carboxylic acids is 1. The van der Waals surface area contributed by atoms with E-state index in [1.165, 1.54) is 0 Å². The van der Waals surface area contributed by atoms with Gasteiger partial charge in [-0.3, -0.25) is 14.6 Å². The van der Waals surface area contributed by atoms with Gasteiger partial charge in [0.25, 0.3) is 0 Å². The van der Waals surface area contributed by atoms with Gasteiger partial charge < -0.3 is 10.0 Å². The summed E-state index contributed by atoms with van der Waals surface area (Å²) in [6, 6.07) is 3.88. The van der Waals surface area contributed by atoms with Crippen LogP contribution in [0.4, 0.5) is 0 Å². The first-order chi connectivity index (χ1) is 10.2. The van der Waals surface area contributed by atoms with Crippen molar-refractivity contribution in [1.29, 1.82) is 0 Å². The Morgan fingerprint density at radius 3 is 2.76 bits per heavy atom. The molecule has 0 aromatic carbocycles. The third kappa shape index (κ3) is 2.77. The quantitative estimate of drug-likeness (QED) is 0.901. The number of carboxylic acid groups (broad SMARTS) is 1. The average Bonchev–Trinajstić information content (AvgIpc) is 2.53. The van der Waals surface area contributed by atoms with Crippen LogP contribution < -0.4 is 0 Å². The monoisotopic (exact) mass is 288 g/mol. The van der Waals surface area contributed by atoms with Crippen molar-refractivity contribution < 1.29 is 14.7 Å². The average molecular weight is 288 g/mol. The van der Waals surface area contributed by atoms with Gasteiger partial charge in [-0.2, -0.15) is 0 Å². The van der Waals surface area contributed by atoms with Gasteiger partial charge in [0.05, 0.1) is 11.8 Å². The van der Waals surface area contributed by atoms with Crippen molar-refractivity contribution >= 4 is 11.9 Å². The minimum absolute atomic E-state index is 0.0107. The van der Waals surface area contributed by atoms with Crippen molar-refractivity contribution in [2.75, 3.05) is 6.54 Å². The topological polar surface area (TPSA) is 70.5 Å². The molecule has 2 atom stereocenters. The van der Waals surface area contributed by atoms with Crippen molar-refractivity contribution in [2.24, 2.45) is 11.8 Å². The Labute approximate surface area is 124 Å². The molecule has 0 radical (unpaired) electrons. The van der Waals surface area contributed by atoms with Crippen molar-refractivity contribution in [2.45, 2.75) is 38.6 Å². The summed E-state index contributed by atoms with van der Waals surface area (Å²) in [6.45, 7) is 1.20. The molecule has 1 N–H and O–H groups in total. The van der Waals surface area contributed by atoms with Crippen molar-refractivity contribution in [3.8, 4) is 0 Å². The minimum Gasteiger partial charge on any atom is -0.481 e. The summed E-state index contributed by atoms with van der Waals surface area (Å²) >= 11 is 0. The van der Waals surface area contributed by atoms with Crippen molar-refractivity contribution in [1.82, 2.24) is 9.88 Å². The molecular weight excluding hydrogens is 268 g/mol. The number of nitrogens with zero attached hydrogens (tertiary/aromatic N) is 2. The molecule has 1 fully saturated rings. The van der Waals surface area contributed by atoms with E-state index in [2.05, 4.69) is 4.98 Å². The van der Waals surface area contributed by atoms with Gasteiger partial charge in [-0.05, 0) is 24.5 Å². The summed E-state index contributed by atoms with van der Waals surface area (Å²) in [5.74, 6) is -1.68. The van der Waals surface area contributed by atoms with Crippen molar-refractivity contribution in [3.63, 3.8) is 0 Å². The Bertz CT molecular complexity index is 558. The number of aliphatic carboxylic acids is 1. The molecule has 3 rings (SSSR count). The number of rotatable bonds is 2. The van der Waals surface area contributed by atoms with Gasteiger partial charge in [0, 0.05) is 31.4 Å². The Balaban J connectivity index is 1.75. The van der Waals surface area contributed by atoms with E-state index in [1.54, 1.807) is 6.20 Å². The Morgan fingerprint density at radius 1 is 1.24 bits per heavy atom. The first-order valence-corrected chi connectivity index (χ1v) is 7.61. The normalized spacial score (nSPS) is 25.2. The molecule has 0 saturated heterocycles. The van der Waals surface area contributed by atoms with E-state index in [0.29, 0.717) is 25.9 Å². The number of amides is 1. The van der Waals surface area contributed by atoms with Crippen LogP contribution in [0, 0.1) is 11.8 Å². The van der Waals surface area contributed by atoms with E-state index >= 15 is 0 Å². The van der Waals surface area contributed by atoms with E-state index in [0.717, 1.165) is 30.5 Å². The number of aromatic nitrogens is 1. The molecule has 5 nitrogen and oxygen atoms in total. The van der Waals surface area contributed by atoms with E-state index in [4.69, 9.17) is 0 Å². The Hall–Kier alpha value is -1.91. The van der Waals surface area contributed by atoms with E-state index in [-0.39, 0.29) is 11.8 Å².